The second-order valence-corrected chi connectivity index (χ2v) is 7.57. The maximum atomic E-state index is 13.1. The van der Waals surface area contributed by atoms with Crippen LogP contribution in [0.5, 0.6) is 5.75 Å². The molecule has 1 saturated heterocycles. The van der Waals surface area contributed by atoms with Crippen molar-refractivity contribution in [2.24, 2.45) is 5.92 Å². The standard InChI is InChI=1S/C20H24FN3O2/c1-13(2)23-11-15(10-22-23)20(25)24-17-6-3-14(9-17)19(24)12-26-18-7-4-16(21)5-8-18/h4-5,7-8,10-11,13-14,17,19H,3,6,9,12H2,1-2H3/t14-,17-,19+/m1/s1. The van der Waals surface area contributed by atoms with Gasteiger partial charge >= 0.3 is 0 Å². The number of halogens is 1. The third-order valence-corrected chi connectivity index (χ3v) is 5.59. The molecule has 3 atom stereocenters. The average molecular weight is 357 g/mol. The zero-order valence-corrected chi connectivity index (χ0v) is 15.1. The molecule has 2 heterocycles. The van der Waals surface area contributed by atoms with Crippen LogP contribution >= 0.6 is 0 Å². The summed E-state index contributed by atoms with van der Waals surface area (Å²) in [6.07, 6.45) is 6.73. The minimum Gasteiger partial charge on any atom is -0.491 e. The first kappa shape index (κ1) is 17.1. The van der Waals surface area contributed by atoms with Crippen molar-refractivity contribution in [3.8, 4) is 5.75 Å². The van der Waals surface area contributed by atoms with E-state index < -0.39 is 0 Å². The molecule has 138 valence electrons. The monoisotopic (exact) mass is 357 g/mol. The van der Waals surface area contributed by atoms with Gasteiger partial charge in [-0.3, -0.25) is 9.48 Å². The molecule has 2 fully saturated rings. The van der Waals surface area contributed by atoms with Crippen LogP contribution in [0.15, 0.2) is 36.7 Å². The number of aromatic nitrogens is 2. The Hall–Kier alpha value is -2.37. The van der Waals surface area contributed by atoms with Gasteiger partial charge in [0, 0.05) is 18.3 Å². The predicted octanol–water partition coefficient (Wildman–Crippen LogP) is 3.68. The zero-order valence-electron chi connectivity index (χ0n) is 15.1. The Bertz CT molecular complexity index is 787. The van der Waals surface area contributed by atoms with Gasteiger partial charge in [0.1, 0.15) is 18.2 Å². The Kier molecular flexibility index (Phi) is 4.42. The molecule has 1 saturated carbocycles. The van der Waals surface area contributed by atoms with Gasteiger partial charge in [-0.25, -0.2) is 4.39 Å². The molecule has 0 unspecified atom stereocenters. The summed E-state index contributed by atoms with van der Waals surface area (Å²) in [7, 11) is 0. The number of nitrogens with zero attached hydrogens (tertiary/aromatic N) is 3. The molecule has 2 aromatic rings. The summed E-state index contributed by atoms with van der Waals surface area (Å²) in [6, 6.07) is 6.61. The number of benzene rings is 1. The van der Waals surface area contributed by atoms with E-state index >= 15 is 0 Å². The molecule has 2 bridgehead atoms. The Morgan fingerprint density at radius 2 is 2.08 bits per heavy atom. The largest absolute Gasteiger partial charge is 0.491 e. The Balaban J connectivity index is 1.49. The van der Waals surface area contributed by atoms with Crippen molar-refractivity contribution in [1.82, 2.24) is 14.7 Å². The van der Waals surface area contributed by atoms with Gasteiger partial charge in [0.2, 0.25) is 0 Å². The van der Waals surface area contributed by atoms with Crippen molar-refractivity contribution in [3.63, 3.8) is 0 Å². The molecule has 0 N–H and O–H groups in total. The minimum absolute atomic E-state index is 0.0387. The van der Waals surface area contributed by atoms with E-state index in [0.29, 0.717) is 23.8 Å². The summed E-state index contributed by atoms with van der Waals surface area (Å²) in [5, 5.41) is 4.30. The fraction of sp³-hybridized carbons (Fsp3) is 0.500. The molecule has 1 aliphatic carbocycles. The fourth-order valence-corrected chi connectivity index (χ4v) is 4.22. The highest BCUT2D eigenvalue weighted by atomic mass is 19.1. The highest BCUT2D eigenvalue weighted by molar-refractivity contribution is 5.94. The van der Waals surface area contributed by atoms with E-state index in [1.807, 2.05) is 29.6 Å². The number of carbonyl (C=O) groups excluding carboxylic acids is 1. The topological polar surface area (TPSA) is 47.4 Å². The molecule has 1 amide bonds. The summed E-state index contributed by atoms with van der Waals surface area (Å²) in [5.41, 5.74) is 0.637. The van der Waals surface area contributed by atoms with E-state index in [4.69, 9.17) is 4.74 Å². The maximum absolute atomic E-state index is 13.1. The lowest BCUT2D eigenvalue weighted by Crippen LogP contribution is -2.47. The van der Waals surface area contributed by atoms with Gasteiger partial charge in [0.15, 0.2) is 0 Å². The van der Waals surface area contributed by atoms with Crippen molar-refractivity contribution in [2.75, 3.05) is 6.61 Å². The van der Waals surface area contributed by atoms with E-state index in [1.54, 1.807) is 18.3 Å². The molecule has 0 spiro atoms. The molecule has 1 aromatic carbocycles. The number of amides is 1. The summed E-state index contributed by atoms with van der Waals surface area (Å²) < 4.78 is 20.7. The van der Waals surface area contributed by atoms with Gasteiger partial charge in [-0.05, 0) is 63.3 Å². The number of likely N-dealkylation sites (tertiary alicyclic amines) is 1. The summed E-state index contributed by atoms with van der Waals surface area (Å²) in [6.45, 7) is 4.52. The minimum atomic E-state index is -0.281. The number of ether oxygens (including phenoxy) is 1. The number of hydrogen-bond acceptors (Lipinski definition) is 3. The molecule has 6 heteroatoms. The summed E-state index contributed by atoms with van der Waals surface area (Å²) in [5.74, 6) is 0.867. The zero-order chi connectivity index (χ0) is 18.3. The van der Waals surface area contributed by atoms with E-state index in [0.717, 1.165) is 19.3 Å². The Morgan fingerprint density at radius 3 is 2.77 bits per heavy atom. The molecule has 5 nitrogen and oxygen atoms in total. The lowest BCUT2D eigenvalue weighted by Gasteiger charge is -2.35. The Labute approximate surface area is 152 Å². The maximum Gasteiger partial charge on any atom is 0.257 e. The number of fused-ring (bicyclic) bond motifs is 2. The van der Waals surface area contributed by atoms with Crippen LogP contribution in [0, 0.1) is 11.7 Å². The molecule has 1 aromatic heterocycles. The van der Waals surface area contributed by atoms with Crippen molar-refractivity contribution in [3.05, 3.63) is 48.0 Å². The third-order valence-electron chi connectivity index (χ3n) is 5.59. The van der Waals surface area contributed by atoms with Gasteiger partial charge in [0.25, 0.3) is 5.91 Å². The van der Waals surface area contributed by atoms with Crippen molar-refractivity contribution >= 4 is 5.91 Å². The first-order valence-corrected chi connectivity index (χ1v) is 9.28. The van der Waals surface area contributed by atoms with Crippen LogP contribution in [-0.2, 0) is 0 Å². The van der Waals surface area contributed by atoms with Crippen LogP contribution in [0.2, 0.25) is 0 Å². The van der Waals surface area contributed by atoms with Crippen LogP contribution in [0.3, 0.4) is 0 Å². The van der Waals surface area contributed by atoms with Gasteiger partial charge in [-0.2, -0.15) is 5.10 Å². The molecule has 4 rings (SSSR count). The smallest absolute Gasteiger partial charge is 0.257 e. The molecule has 26 heavy (non-hydrogen) atoms. The molecular weight excluding hydrogens is 333 g/mol. The molecule has 2 aliphatic rings. The van der Waals surface area contributed by atoms with Gasteiger partial charge in [-0.1, -0.05) is 0 Å². The number of hydrogen-bond donors (Lipinski definition) is 0. The van der Waals surface area contributed by atoms with Crippen LogP contribution in [0.25, 0.3) is 0 Å². The predicted molar refractivity (Wildman–Crippen MR) is 95.6 cm³/mol. The highest BCUT2D eigenvalue weighted by Gasteiger charge is 2.48. The second-order valence-electron chi connectivity index (χ2n) is 7.57. The summed E-state index contributed by atoms with van der Waals surface area (Å²) in [4.78, 5) is 15.1. The van der Waals surface area contributed by atoms with E-state index in [2.05, 4.69) is 5.10 Å². The Morgan fingerprint density at radius 1 is 1.31 bits per heavy atom. The first-order valence-electron chi connectivity index (χ1n) is 9.28. The second kappa shape index (κ2) is 6.74. The van der Waals surface area contributed by atoms with Crippen LogP contribution in [-0.4, -0.2) is 39.3 Å². The van der Waals surface area contributed by atoms with Crippen LogP contribution in [0.4, 0.5) is 4.39 Å². The average Bonchev–Trinajstić information content (AvgIpc) is 3.36. The van der Waals surface area contributed by atoms with Gasteiger partial charge in [0.05, 0.1) is 17.8 Å². The number of piperidine rings is 1. The van der Waals surface area contributed by atoms with Crippen molar-refractivity contribution < 1.29 is 13.9 Å². The van der Waals surface area contributed by atoms with Crippen molar-refractivity contribution in [2.45, 2.75) is 51.2 Å². The molecule has 0 radical (unpaired) electrons. The lowest BCUT2D eigenvalue weighted by atomic mass is 9.99. The normalized spacial score (nSPS) is 24.5. The van der Waals surface area contributed by atoms with E-state index in [9.17, 15) is 9.18 Å². The van der Waals surface area contributed by atoms with E-state index in [-0.39, 0.29) is 29.8 Å². The van der Waals surface area contributed by atoms with Gasteiger partial charge in [-0.15, -0.1) is 0 Å². The quantitative estimate of drug-likeness (QED) is 0.820. The third kappa shape index (κ3) is 3.08. The van der Waals surface area contributed by atoms with Crippen molar-refractivity contribution in [1.29, 1.82) is 0 Å². The number of rotatable bonds is 5. The highest BCUT2D eigenvalue weighted by Crippen LogP contribution is 2.43. The molecule has 1 aliphatic heterocycles. The molecular formula is C20H24FN3O2. The SMILES string of the molecule is CC(C)n1cc(C(=O)N2[C@@H]3CC[C@H](C3)[C@@H]2COc2ccc(F)cc2)cn1. The lowest BCUT2D eigenvalue weighted by molar-refractivity contribution is 0.0505. The first-order chi connectivity index (χ1) is 12.5. The van der Waals surface area contributed by atoms with E-state index in [1.165, 1.54) is 12.1 Å². The van der Waals surface area contributed by atoms with Crippen LogP contribution < -0.4 is 4.74 Å². The number of carbonyl (C=O) groups is 1. The van der Waals surface area contributed by atoms with Gasteiger partial charge < -0.3 is 9.64 Å². The van der Waals surface area contributed by atoms with Crippen LogP contribution in [0.1, 0.15) is 49.5 Å². The summed E-state index contributed by atoms with van der Waals surface area (Å²) >= 11 is 0. The fourth-order valence-electron chi connectivity index (χ4n) is 4.22.